The maximum Gasteiger partial charge on any atom is 0.00369 e. The van der Waals surface area contributed by atoms with Crippen LogP contribution in [0.4, 0.5) is 0 Å². The van der Waals surface area contributed by atoms with Crippen LogP contribution in [0.25, 0.3) is 0 Å². The Morgan fingerprint density at radius 2 is 0.333 bits per heavy atom. The highest BCUT2D eigenvalue weighted by atomic mass is 33.1. The first kappa shape index (κ1) is 27.1. The molecule has 1 aliphatic heterocycles. The van der Waals surface area contributed by atoms with Gasteiger partial charge in [0.2, 0.25) is 0 Å². The van der Waals surface area contributed by atoms with E-state index in [0.29, 0.717) is 0 Å². The first-order chi connectivity index (χ1) is 13.5. The van der Waals surface area contributed by atoms with Gasteiger partial charge in [0.15, 0.2) is 0 Å². The highest BCUT2D eigenvalue weighted by Gasteiger charge is 1.98. The standard InChI is InChI=1S/C21H42S6/c1-4-10-16-22-24-18-12-6-2-8-14-20-26-27-21-15-9-3-7-13-19-25-23-17-11-5-1/h1-21H2. The van der Waals surface area contributed by atoms with E-state index in [4.69, 9.17) is 0 Å². The normalized spacial score (nSPS) is 24.0. The van der Waals surface area contributed by atoms with E-state index in [-0.39, 0.29) is 0 Å². The largest absolute Gasteiger partial charge is 0.0942 e. The van der Waals surface area contributed by atoms with Crippen molar-refractivity contribution in [1.82, 2.24) is 0 Å². The molecule has 0 unspecified atom stereocenters. The van der Waals surface area contributed by atoms with Gasteiger partial charge in [0.25, 0.3) is 0 Å². The molecule has 1 rings (SSSR count). The molecule has 0 amide bonds. The molecule has 0 atom stereocenters. The maximum absolute atomic E-state index is 2.12. The lowest BCUT2D eigenvalue weighted by molar-refractivity contribution is 0.662. The Morgan fingerprint density at radius 1 is 0.185 bits per heavy atom. The van der Waals surface area contributed by atoms with Crippen LogP contribution in [0, 0.1) is 0 Å². The van der Waals surface area contributed by atoms with E-state index in [1.807, 2.05) is 0 Å². The highest BCUT2D eigenvalue weighted by Crippen LogP contribution is 2.27. The van der Waals surface area contributed by atoms with Crippen molar-refractivity contribution in [1.29, 1.82) is 0 Å². The summed E-state index contributed by atoms with van der Waals surface area (Å²) in [6, 6.07) is 0. The van der Waals surface area contributed by atoms with Crippen LogP contribution in [-0.2, 0) is 0 Å². The maximum atomic E-state index is 2.12. The molecule has 1 saturated heterocycles. The molecule has 0 aromatic rings. The third-order valence-electron chi connectivity index (χ3n) is 4.62. The molecule has 0 radical (unpaired) electrons. The van der Waals surface area contributed by atoms with Gasteiger partial charge >= 0.3 is 0 Å². The van der Waals surface area contributed by atoms with Crippen LogP contribution in [0.1, 0.15) is 96.3 Å². The number of rotatable bonds is 0. The van der Waals surface area contributed by atoms with Gasteiger partial charge in [0, 0.05) is 34.5 Å². The lowest BCUT2D eigenvalue weighted by Crippen LogP contribution is -1.85. The number of hydrogen-bond donors (Lipinski definition) is 0. The quantitative estimate of drug-likeness (QED) is 0.310. The van der Waals surface area contributed by atoms with Gasteiger partial charge in [0.1, 0.15) is 0 Å². The van der Waals surface area contributed by atoms with Gasteiger partial charge in [-0.2, -0.15) is 0 Å². The van der Waals surface area contributed by atoms with Crippen LogP contribution >= 0.6 is 64.8 Å². The zero-order chi connectivity index (χ0) is 19.1. The van der Waals surface area contributed by atoms with Crippen LogP contribution in [-0.4, -0.2) is 34.5 Å². The van der Waals surface area contributed by atoms with Crippen molar-refractivity contribution in [3.05, 3.63) is 0 Å². The van der Waals surface area contributed by atoms with Crippen LogP contribution in [0.5, 0.6) is 0 Å². The van der Waals surface area contributed by atoms with E-state index >= 15 is 0 Å². The summed E-state index contributed by atoms with van der Waals surface area (Å²) in [5.74, 6) is 8.19. The Balaban J connectivity index is 2.00. The zero-order valence-corrected chi connectivity index (χ0v) is 22.2. The second-order valence-corrected chi connectivity index (χ2v) is 15.3. The van der Waals surface area contributed by atoms with Gasteiger partial charge in [-0.05, 0) is 38.5 Å². The summed E-state index contributed by atoms with van der Waals surface area (Å²) in [5.41, 5.74) is 0. The molecule has 1 heterocycles. The van der Waals surface area contributed by atoms with Crippen LogP contribution in [0.3, 0.4) is 0 Å². The number of hydrogen-bond acceptors (Lipinski definition) is 6. The monoisotopic (exact) mass is 486 g/mol. The van der Waals surface area contributed by atoms with Gasteiger partial charge in [-0.3, -0.25) is 0 Å². The van der Waals surface area contributed by atoms with Crippen molar-refractivity contribution >= 4 is 64.8 Å². The first-order valence-corrected chi connectivity index (χ1v) is 18.7. The SMILES string of the molecule is C1CCCSSCCCCCCCSSCCCCCCCSSCCC1. The average Bonchev–Trinajstić information content (AvgIpc) is 2.68. The van der Waals surface area contributed by atoms with E-state index in [9.17, 15) is 0 Å². The topological polar surface area (TPSA) is 0 Å². The molecule has 0 saturated carbocycles. The Hall–Kier alpha value is 2.10. The fourth-order valence-electron chi connectivity index (χ4n) is 2.91. The van der Waals surface area contributed by atoms with Crippen molar-refractivity contribution in [2.24, 2.45) is 0 Å². The third kappa shape index (κ3) is 22.6. The highest BCUT2D eigenvalue weighted by molar-refractivity contribution is 8.77. The third-order valence-corrected chi connectivity index (χ3v) is 12.3. The molecule has 0 aromatic carbocycles. The first-order valence-electron chi connectivity index (χ1n) is 11.2. The predicted octanol–water partition coefficient (Wildman–Crippen LogP) is 10.00. The molecule has 1 aliphatic rings. The molecule has 0 N–H and O–H groups in total. The summed E-state index contributed by atoms with van der Waals surface area (Å²) in [4.78, 5) is 0. The van der Waals surface area contributed by atoms with Crippen molar-refractivity contribution in [3.63, 3.8) is 0 Å². The van der Waals surface area contributed by atoms with Gasteiger partial charge < -0.3 is 0 Å². The lowest BCUT2D eigenvalue weighted by atomic mass is 10.2. The minimum Gasteiger partial charge on any atom is -0.0942 e. The van der Waals surface area contributed by atoms with Gasteiger partial charge in [0.05, 0.1) is 0 Å². The predicted molar refractivity (Wildman–Crippen MR) is 144 cm³/mol. The molecule has 6 heteroatoms. The minimum atomic E-state index is 1.37. The van der Waals surface area contributed by atoms with Crippen molar-refractivity contribution in [3.8, 4) is 0 Å². The van der Waals surface area contributed by atoms with Gasteiger partial charge in [-0.15, -0.1) is 0 Å². The van der Waals surface area contributed by atoms with Gasteiger partial charge in [-0.1, -0.05) is 123 Å². The average molecular weight is 487 g/mol. The van der Waals surface area contributed by atoms with E-state index in [0.717, 1.165) is 0 Å². The smallest absolute Gasteiger partial charge is 0.00369 e. The van der Waals surface area contributed by atoms with Crippen LogP contribution < -0.4 is 0 Å². The second kappa shape index (κ2) is 24.4. The molecule has 0 aromatic heterocycles. The summed E-state index contributed by atoms with van der Waals surface area (Å²) in [6.07, 6.45) is 21.6. The summed E-state index contributed by atoms with van der Waals surface area (Å²) < 4.78 is 0. The van der Waals surface area contributed by atoms with E-state index in [1.54, 1.807) is 0 Å². The summed E-state index contributed by atoms with van der Waals surface area (Å²) >= 11 is 0. The molecule has 0 nitrogen and oxygen atoms in total. The molecule has 162 valence electrons. The van der Waals surface area contributed by atoms with E-state index in [1.165, 1.54) is 131 Å². The minimum absolute atomic E-state index is 1.37. The Bertz CT molecular complexity index is 149. The van der Waals surface area contributed by atoms with Crippen LogP contribution in [0.2, 0.25) is 0 Å². The van der Waals surface area contributed by atoms with Crippen molar-refractivity contribution < 1.29 is 0 Å². The van der Waals surface area contributed by atoms with E-state index < -0.39 is 0 Å². The molecular formula is C21H42S6. The molecule has 0 spiro atoms. The molecule has 0 bridgehead atoms. The Kier molecular flexibility index (Phi) is 24.5. The summed E-state index contributed by atoms with van der Waals surface area (Å²) in [7, 11) is 12.7. The summed E-state index contributed by atoms with van der Waals surface area (Å²) in [5, 5.41) is 0. The fourth-order valence-corrected chi connectivity index (χ4v) is 9.79. The van der Waals surface area contributed by atoms with Crippen LogP contribution in [0.15, 0.2) is 0 Å². The Morgan fingerprint density at radius 3 is 0.519 bits per heavy atom. The van der Waals surface area contributed by atoms with Gasteiger partial charge in [-0.25, -0.2) is 0 Å². The molecule has 1 fully saturated rings. The molecular weight excluding hydrogens is 445 g/mol. The molecule has 27 heavy (non-hydrogen) atoms. The second-order valence-electron chi connectivity index (χ2n) is 7.24. The van der Waals surface area contributed by atoms with Crippen molar-refractivity contribution in [2.75, 3.05) is 34.5 Å². The summed E-state index contributed by atoms with van der Waals surface area (Å²) in [6.45, 7) is 0. The van der Waals surface area contributed by atoms with E-state index in [2.05, 4.69) is 64.8 Å². The molecule has 0 aliphatic carbocycles. The van der Waals surface area contributed by atoms with Crippen molar-refractivity contribution in [2.45, 2.75) is 96.3 Å². The fraction of sp³-hybridized carbons (Fsp3) is 1.00. The zero-order valence-electron chi connectivity index (χ0n) is 17.3. The lowest BCUT2D eigenvalue weighted by Gasteiger charge is -2.03. The Labute approximate surface area is 194 Å².